The summed E-state index contributed by atoms with van der Waals surface area (Å²) in [6.07, 6.45) is 3.42. The van der Waals surface area contributed by atoms with E-state index in [1.807, 2.05) is 24.0 Å². The molecule has 1 aliphatic carbocycles. The molecule has 0 bridgehead atoms. The molecule has 1 unspecified atom stereocenters. The molecule has 4 aliphatic heterocycles. The molecule has 13 heteroatoms. The second kappa shape index (κ2) is 13.1. The van der Waals surface area contributed by atoms with Crippen molar-refractivity contribution in [3.05, 3.63) is 48.2 Å². The van der Waals surface area contributed by atoms with Crippen LogP contribution in [0.15, 0.2) is 37.1 Å². The number of fused-ring (bicyclic) bond motifs is 2. The van der Waals surface area contributed by atoms with Crippen molar-refractivity contribution in [2.75, 3.05) is 68.8 Å². The van der Waals surface area contributed by atoms with Crippen molar-refractivity contribution in [2.45, 2.75) is 77.9 Å². The molecule has 292 valence electrons. The number of hydrogen-bond donors (Lipinski definition) is 1. The van der Waals surface area contributed by atoms with Gasteiger partial charge in [-0.15, -0.1) is 0 Å². The molecule has 1 saturated carbocycles. The molecule has 5 aliphatic rings. The summed E-state index contributed by atoms with van der Waals surface area (Å²) in [5.41, 5.74) is 4.92. The molecular formula is C42H51F3N8O2. The van der Waals surface area contributed by atoms with Crippen molar-refractivity contribution in [1.29, 1.82) is 0 Å². The van der Waals surface area contributed by atoms with Crippen LogP contribution in [0.3, 0.4) is 0 Å². The van der Waals surface area contributed by atoms with E-state index in [2.05, 4.69) is 58.3 Å². The number of H-pyrrole nitrogens is 1. The SMILES string of the molecule is C=CC(=O)N1CC2(CCN(c3nc(N4CC(N5CCC(C(C)(C)C)C5)C4)nc4c(OCC(F)(F)F)c(-c5c(C)ccc6[nH]ncc56)c(C5CC5)cc34)CC2)C1. The summed E-state index contributed by atoms with van der Waals surface area (Å²) >= 11 is 0. The number of aromatic nitrogens is 4. The Morgan fingerprint density at radius 3 is 2.40 bits per heavy atom. The van der Waals surface area contributed by atoms with E-state index >= 15 is 0 Å². The highest BCUT2D eigenvalue weighted by Crippen LogP contribution is 2.53. The van der Waals surface area contributed by atoms with Crippen LogP contribution in [0.4, 0.5) is 24.9 Å². The number of carbonyl (C=O) groups excluding carboxylic acids is 1. The monoisotopic (exact) mass is 756 g/mol. The predicted octanol–water partition coefficient (Wildman–Crippen LogP) is 7.47. The van der Waals surface area contributed by atoms with E-state index in [0.717, 1.165) is 104 Å². The van der Waals surface area contributed by atoms with Gasteiger partial charge in [-0.25, -0.2) is 4.98 Å². The van der Waals surface area contributed by atoms with Crippen LogP contribution in [-0.4, -0.2) is 107 Å². The summed E-state index contributed by atoms with van der Waals surface area (Å²) in [4.78, 5) is 31.6. The second-order valence-electron chi connectivity index (χ2n) is 18.0. The third-order valence-electron chi connectivity index (χ3n) is 13.2. The number of piperidine rings is 1. The topological polar surface area (TPSA) is 93.7 Å². The molecule has 10 nitrogen and oxygen atoms in total. The summed E-state index contributed by atoms with van der Waals surface area (Å²) in [6, 6.07) is 6.46. The predicted molar refractivity (Wildman–Crippen MR) is 209 cm³/mol. The summed E-state index contributed by atoms with van der Waals surface area (Å²) in [6.45, 7) is 17.7. The first-order chi connectivity index (χ1) is 26.2. The highest BCUT2D eigenvalue weighted by molar-refractivity contribution is 6.06. The lowest BCUT2D eigenvalue weighted by molar-refractivity contribution is -0.153. The average Bonchev–Trinajstić information content (AvgIpc) is 3.62. The number of aryl methyl sites for hydroxylation is 1. The van der Waals surface area contributed by atoms with Crippen LogP contribution in [0.25, 0.3) is 32.9 Å². The lowest BCUT2D eigenvalue weighted by Gasteiger charge is -2.54. The van der Waals surface area contributed by atoms with Gasteiger partial charge in [0, 0.05) is 73.6 Å². The quantitative estimate of drug-likeness (QED) is 0.185. The Labute approximate surface area is 320 Å². The number of amides is 1. The number of anilines is 2. The van der Waals surface area contributed by atoms with Gasteiger partial charge in [0.2, 0.25) is 11.9 Å². The summed E-state index contributed by atoms with van der Waals surface area (Å²) < 4.78 is 48.5. The first-order valence-corrected chi connectivity index (χ1v) is 19.9. The summed E-state index contributed by atoms with van der Waals surface area (Å²) in [5.74, 6) is 2.22. The van der Waals surface area contributed by atoms with Crippen molar-refractivity contribution < 1.29 is 22.7 Å². The smallest absolute Gasteiger partial charge is 0.422 e. The zero-order valence-corrected chi connectivity index (χ0v) is 32.3. The summed E-state index contributed by atoms with van der Waals surface area (Å²) in [7, 11) is 0. The third-order valence-corrected chi connectivity index (χ3v) is 13.2. The normalized spacial score (nSPS) is 22.1. The molecule has 6 heterocycles. The van der Waals surface area contributed by atoms with Crippen molar-refractivity contribution in [3.63, 3.8) is 0 Å². The number of aromatic amines is 1. The van der Waals surface area contributed by atoms with Gasteiger partial charge in [0.15, 0.2) is 12.4 Å². The Hall–Kier alpha value is -4.39. The standard InChI is InChI=1S/C42H51F3N8O2/c1-6-33(54)53-22-41(23-53)12-15-50(16-13-41)38-30-17-29(26-8-9-26)35(34-25(2)7-10-32-31(34)18-46-49-32)37(55-24-42(43,44)45)36(30)47-39(48-38)52-20-28(21-52)51-14-11-27(19-51)40(3,4)5/h6-7,10,17-18,26-28H,1,8-9,11-16,19-24H2,2-5H3,(H,46,49). The fourth-order valence-corrected chi connectivity index (χ4v) is 9.57. The van der Waals surface area contributed by atoms with E-state index in [9.17, 15) is 18.0 Å². The number of alkyl halides is 3. The number of ether oxygens (including phenoxy) is 1. The Morgan fingerprint density at radius 2 is 1.75 bits per heavy atom. The molecule has 5 fully saturated rings. The molecule has 4 saturated heterocycles. The molecule has 1 spiro atoms. The third kappa shape index (κ3) is 6.59. The summed E-state index contributed by atoms with van der Waals surface area (Å²) in [5, 5.41) is 8.92. The van der Waals surface area contributed by atoms with Gasteiger partial charge in [-0.1, -0.05) is 33.4 Å². The van der Waals surface area contributed by atoms with E-state index in [0.29, 0.717) is 42.1 Å². The molecule has 0 radical (unpaired) electrons. The van der Waals surface area contributed by atoms with E-state index in [-0.39, 0.29) is 28.4 Å². The lowest BCUT2D eigenvalue weighted by Crippen LogP contribution is -2.61. The molecule has 2 aromatic heterocycles. The van der Waals surface area contributed by atoms with Gasteiger partial charge in [0.05, 0.1) is 11.7 Å². The van der Waals surface area contributed by atoms with Crippen LogP contribution in [0, 0.1) is 23.7 Å². The Bertz CT molecular complexity index is 2150. The minimum atomic E-state index is -4.55. The highest BCUT2D eigenvalue weighted by atomic mass is 19.4. The Morgan fingerprint density at radius 1 is 1.00 bits per heavy atom. The highest BCUT2D eigenvalue weighted by Gasteiger charge is 2.47. The largest absolute Gasteiger partial charge is 0.481 e. The van der Waals surface area contributed by atoms with Crippen LogP contribution >= 0.6 is 0 Å². The zero-order valence-electron chi connectivity index (χ0n) is 32.3. The van der Waals surface area contributed by atoms with Crippen molar-refractivity contribution >= 4 is 39.5 Å². The minimum absolute atomic E-state index is 0.0358. The number of rotatable bonds is 8. The van der Waals surface area contributed by atoms with Gasteiger partial charge < -0.3 is 19.4 Å². The van der Waals surface area contributed by atoms with Crippen LogP contribution in [0.1, 0.15) is 69.9 Å². The van der Waals surface area contributed by atoms with Crippen molar-refractivity contribution in [1.82, 2.24) is 30.0 Å². The molecular weight excluding hydrogens is 706 g/mol. The van der Waals surface area contributed by atoms with Crippen LogP contribution < -0.4 is 14.5 Å². The molecule has 1 atom stereocenters. The fourth-order valence-electron chi connectivity index (χ4n) is 9.57. The van der Waals surface area contributed by atoms with Crippen LogP contribution in [-0.2, 0) is 4.79 Å². The van der Waals surface area contributed by atoms with Gasteiger partial charge in [-0.05, 0) is 97.7 Å². The lowest BCUT2D eigenvalue weighted by atomic mass is 9.72. The molecule has 1 amide bonds. The second-order valence-corrected chi connectivity index (χ2v) is 18.0. The van der Waals surface area contributed by atoms with E-state index in [1.165, 1.54) is 12.5 Å². The van der Waals surface area contributed by atoms with Gasteiger partial charge >= 0.3 is 6.18 Å². The molecule has 1 N–H and O–H groups in total. The van der Waals surface area contributed by atoms with E-state index < -0.39 is 12.8 Å². The maximum Gasteiger partial charge on any atom is 0.422 e. The number of nitrogens with zero attached hydrogens (tertiary/aromatic N) is 7. The molecule has 2 aromatic carbocycles. The van der Waals surface area contributed by atoms with Gasteiger partial charge in [-0.2, -0.15) is 23.3 Å². The van der Waals surface area contributed by atoms with Crippen LogP contribution in [0.5, 0.6) is 5.75 Å². The van der Waals surface area contributed by atoms with E-state index in [4.69, 9.17) is 14.7 Å². The number of halogens is 3. The average molecular weight is 757 g/mol. The Kier molecular flexibility index (Phi) is 8.63. The maximum atomic E-state index is 14.2. The molecule has 55 heavy (non-hydrogen) atoms. The first kappa shape index (κ1) is 36.3. The van der Waals surface area contributed by atoms with Crippen molar-refractivity contribution in [2.24, 2.45) is 16.7 Å². The van der Waals surface area contributed by atoms with Crippen molar-refractivity contribution in [3.8, 4) is 16.9 Å². The Balaban J connectivity index is 1.15. The number of nitrogens with one attached hydrogen (secondary N) is 1. The number of hydrogen-bond acceptors (Lipinski definition) is 8. The maximum absolute atomic E-state index is 14.2. The number of benzene rings is 2. The number of likely N-dealkylation sites (tertiary alicyclic amines) is 2. The van der Waals surface area contributed by atoms with E-state index in [1.54, 1.807) is 6.20 Å². The fraction of sp³-hybridized carbons (Fsp3) is 0.571. The molecule has 9 rings (SSSR count). The van der Waals surface area contributed by atoms with Gasteiger partial charge in [0.25, 0.3) is 0 Å². The molecule has 4 aromatic rings. The minimum Gasteiger partial charge on any atom is -0.481 e. The number of carbonyl (C=O) groups is 1. The van der Waals surface area contributed by atoms with Crippen LogP contribution in [0.2, 0.25) is 0 Å². The van der Waals surface area contributed by atoms with Gasteiger partial charge in [-0.3, -0.25) is 14.8 Å². The van der Waals surface area contributed by atoms with Gasteiger partial charge in [0.1, 0.15) is 11.3 Å². The zero-order chi connectivity index (χ0) is 38.4. The first-order valence-electron chi connectivity index (χ1n) is 19.9.